The number of nitrogens with zero attached hydrogens (tertiary/aromatic N) is 1. The number of hydrogen-bond donors (Lipinski definition) is 2. The molecule has 0 spiro atoms. The zero-order chi connectivity index (χ0) is 28.3. The van der Waals surface area contributed by atoms with Gasteiger partial charge in [0, 0.05) is 41.4 Å². The highest BCUT2D eigenvalue weighted by molar-refractivity contribution is 5.78. The van der Waals surface area contributed by atoms with E-state index in [1.807, 2.05) is 0 Å². The largest absolute Gasteiger partial charge is 0.417 e. The van der Waals surface area contributed by atoms with E-state index in [0.717, 1.165) is 24.3 Å². The summed E-state index contributed by atoms with van der Waals surface area (Å²) in [4.78, 5) is 30.5. The fourth-order valence-electron chi connectivity index (χ4n) is 4.59. The summed E-state index contributed by atoms with van der Waals surface area (Å²) in [6, 6.07) is 5.92. The van der Waals surface area contributed by atoms with Crippen molar-refractivity contribution in [3.63, 3.8) is 0 Å². The zero-order valence-electron chi connectivity index (χ0n) is 20.8. The highest BCUT2D eigenvalue weighted by Gasteiger charge is 2.37. The van der Waals surface area contributed by atoms with Crippen LogP contribution in [-0.2, 0) is 28.9 Å². The number of halogens is 6. The van der Waals surface area contributed by atoms with Gasteiger partial charge in [0.1, 0.15) is 23.3 Å². The Bertz CT molecular complexity index is 1410. The van der Waals surface area contributed by atoms with Crippen molar-refractivity contribution in [3.05, 3.63) is 86.6 Å². The van der Waals surface area contributed by atoms with Gasteiger partial charge in [0.15, 0.2) is 0 Å². The molecule has 1 saturated carbocycles. The van der Waals surface area contributed by atoms with Gasteiger partial charge in [-0.3, -0.25) is 9.59 Å². The van der Waals surface area contributed by atoms with Gasteiger partial charge < -0.3 is 15.0 Å². The highest BCUT2D eigenvalue weighted by Crippen LogP contribution is 2.38. The van der Waals surface area contributed by atoms with E-state index in [1.54, 1.807) is 0 Å². The summed E-state index contributed by atoms with van der Waals surface area (Å²) in [5.74, 6) is -4.00. The number of nitrogens with one attached hydrogen (secondary N) is 2. The van der Waals surface area contributed by atoms with Gasteiger partial charge in [0.25, 0.3) is 5.56 Å². The van der Waals surface area contributed by atoms with Crippen molar-refractivity contribution < 1.29 is 35.9 Å². The molecule has 0 bridgehead atoms. The molecule has 12 heteroatoms. The summed E-state index contributed by atoms with van der Waals surface area (Å²) in [5, 5.41) is 2.58. The van der Waals surface area contributed by atoms with Crippen LogP contribution in [0.15, 0.2) is 41.2 Å². The van der Waals surface area contributed by atoms with E-state index < -0.39 is 52.1 Å². The van der Waals surface area contributed by atoms with Crippen LogP contribution >= 0.6 is 0 Å². The molecule has 0 atom stereocenters. The van der Waals surface area contributed by atoms with Crippen molar-refractivity contribution in [2.24, 2.45) is 5.92 Å². The maximum Gasteiger partial charge on any atom is 0.417 e. The Morgan fingerprint density at radius 2 is 1.74 bits per heavy atom. The standard InChI is InChI=1S/C27H25F6N3O3/c1-14-10-22(37)36-25(35-14)23-20(27(31,32)33)9-5-16(24(23)30)12-34-26(38)15-3-7-19(8-4-15)39-13-17-2-6-18(28)11-21(17)29/h2,5-6,9-11,15,19H,3-4,7-8,12-13H2,1H3,(H,34,38)(H,35,36,37)/t15-,19-. The zero-order valence-corrected chi connectivity index (χ0v) is 20.8. The molecule has 0 unspecified atom stereocenters. The Balaban J connectivity index is 1.39. The number of carbonyl (C=O) groups is 1. The first-order valence-corrected chi connectivity index (χ1v) is 12.2. The number of aromatic nitrogens is 2. The second kappa shape index (κ2) is 11.6. The minimum Gasteiger partial charge on any atom is -0.373 e. The Labute approximate surface area is 219 Å². The van der Waals surface area contributed by atoms with E-state index in [9.17, 15) is 31.5 Å². The van der Waals surface area contributed by atoms with Crippen molar-refractivity contribution in [1.82, 2.24) is 15.3 Å². The van der Waals surface area contributed by atoms with Crippen LogP contribution in [0.4, 0.5) is 26.3 Å². The Kier molecular flexibility index (Phi) is 8.43. The minimum absolute atomic E-state index is 0.0375. The maximum absolute atomic E-state index is 15.4. The van der Waals surface area contributed by atoms with E-state index in [-0.39, 0.29) is 42.0 Å². The maximum atomic E-state index is 15.4. The predicted octanol–water partition coefficient (Wildman–Crippen LogP) is 5.57. The van der Waals surface area contributed by atoms with Crippen LogP contribution in [-0.4, -0.2) is 22.0 Å². The van der Waals surface area contributed by atoms with Gasteiger partial charge in [-0.25, -0.2) is 18.2 Å². The number of alkyl halides is 3. The number of carbonyl (C=O) groups excluding carboxylic acids is 1. The highest BCUT2D eigenvalue weighted by atomic mass is 19.4. The molecule has 4 rings (SSSR count). The molecule has 0 radical (unpaired) electrons. The normalized spacial score (nSPS) is 17.7. The van der Waals surface area contributed by atoms with Crippen LogP contribution in [0.25, 0.3) is 11.4 Å². The van der Waals surface area contributed by atoms with E-state index in [2.05, 4.69) is 15.3 Å². The van der Waals surface area contributed by atoms with Crippen molar-refractivity contribution in [2.75, 3.05) is 0 Å². The lowest BCUT2D eigenvalue weighted by molar-refractivity contribution is -0.137. The number of amides is 1. The van der Waals surface area contributed by atoms with Gasteiger partial charge in [0.2, 0.25) is 5.91 Å². The lowest BCUT2D eigenvalue weighted by Crippen LogP contribution is -2.34. The van der Waals surface area contributed by atoms with Crippen molar-refractivity contribution >= 4 is 5.91 Å². The predicted molar refractivity (Wildman–Crippen MR) is 129 cm³/mol. The Morgan fingerprint density at radius 1 is 1.05 bits per heavy atom. The molecule has 1 heterocycles. The number of benzene rings is 2. The molecule has 2 N–H and O–H groups in total. The first-order chi connectivity index (χ1) is 18.4. The molecule has 208 valence electrons. The summed E-state index contributed by atoms with van der Waals surface area (Å²) in [5.41, 5.74) is -2.80. The summed E-state index contributed by atoms with van der Waals surface area (Å²) in [6.07, 6.45) is -3.24. The summed E-state index contributed by atoms with van der Waals surface area (Å²) >= 11 is 0. The number of hydrogen-bond acceptors (Lipinski definition) is 4. The van der Waals surface area contributed by atoms with E-state index >= 15 is 4.39 Å². The molecule has 1 aromatic heterocycles. The van der Waals surface area contributed by atoms with Gasteiger partial charge >= 0.3 is 6.18 Å². The molecule has 0 aliphatic heterocycles. The SMILES string of the molecule is Cc1cc(=O)[nH]c(-c2c(C(F)(F)F)ccc(CNC(=O)[C@H]3CC[C@H](OCc4ccc(F)cc4F)CC3)c2F)n1. The first-order valence-electron chi connectivity index (χ1n) is 12.2. The van der Waals surface area contributed by atoms with Crippen LogP contribution < -0.4 is 10.9 Å². The third-order valence-electron chi connectivity index (χ3n) is 6.62. The van der Waals surface area contributed by atoms with Gasteiger partial charge in [-0.2, -0.15) is 13.2 Å². The van der Waals surface area contributed by atoms with E-state index in [1.165, 1.54) is 13.0 Å². The monoisotopic (exact) mass is 553 g/mol. The van der Waals surface area contributed by atoms with Gasteiger partial charge in [-0.15, -0.1) is 0 Å². The third kappa shape index (κ3) is 6.86. The fraction of sp³-hybridized carbons (Fsp3) is 0.370. The average molecular weight is 554 g/mol. The summed E-state index contributed by atoms with van der Waals surface area (Å²) < 4.78 is 88.8. The van der Waals surface area contributed by atoms with Crippen LogP contribution in [0.2, 0.25) is 0 Å². The van der Waals surface area contributed by atoms with Gasteiger partial charge in [0.05, 0.1) is 23.8 Å². The quantitative estimate of drug-likeness (QED) is 0.375. The molecule has 2 aromatic carbocycles. The van der Waals surface area contributed by atoms with Crippen LogP contribution in [0, 0.1) is 30.3 Å². The third-order valence-corrected chi connectivity index (χ3v) is 6.62. The summed E-state index contributed by atoms with van der Waals surface area (Å²) in [7, 11) is 0. The fourth-order valence-corrected chi connectivity index (χ4v) is 4.59. The van der Waals surface area contributed by atoms with Gasteiger partial charge in [-0.05, 0) is 44.7 Å². The van der Waals surface area contributed by atoms with Crippen molar-refractivity contribution in [1.29, 1.82) is 0 Å². The van der Waals surface area contributed by atoms with Gasteiger partial charge in [-0.1, -0.05) is 12.1 Å². The minimum atomic E-state index is -4.91. The molecule has 39 heavy (non-hydrogen) atoms. The molecule has 3 aromatic rings. The smallest absolute Gasteiger partial charge is 0.373 e. The molecule has 1 aliphatic rings. The first kappa shape index (κ1) is 28.3. The second-order valence-electron chi connectivity index (χ2n) is 9.43. The Hall–Kier alpha value is -3.67. The number of aryl methyl sites for hydroxylation is 1. The lowest BCUT2D eigenvalue weighted by atomic mass is 9.86. The number of ether oxygens (including phenoxy) is 1. The van der Waals surface area contributed by atoms with Crippen LogP contribution in [0.1, 0.15) is 48.1 Å². The van der Waals surface area contributed by atoms with E-state index in [0.29, 0.717) is 31.7 Å². The molecule has 1 fully saturated rings. The van der Waals surface area contributed by atoms with E-state index in [4.69, 9.17) is 4.74 Å². The average Bonchev–Trinajstić information content (AvgIpc) is 2.86. The number of aromatic amines is 1. The van der Waals surface area contributed by atoms with Crippen molar-refractivity contribution in [3.8, 4) is 11.4 Å². The lowest BCUT2D eigenvalue weighted by Gasteiger charge is -2.28. The molecule has 1 aliphatic carbocycles. The number of H-pyrrole nitrogens is 1. The molecular weight excluding hydrogens is 528 g/mol. The topological polar surface area (TPSA) is 84.1 Å². The Morgan fingerprint density at radius 3 is 2.38 bits per heavy atom. The van der Waals surface area contributed by atoms with Crippen LogP contribution in [0.3, 0.4) is 0 Å². The molecule has 1 amide bonds. The van der Waals surface area contributed by atoms with Crippen LogP contribution in [0.5, 0.6) is 0 Å². The molecule has 6 nitrogen and oxygen atoms in total. The second-order valence-corrected chi connectivity index (χ2v) is 9.43. The number of rotatable bonds is 7. The van der Waals surface area contributed by atoms with Crippen molar-refractivity contribution in [2.45, 2.75) is 58.0 Å². The summed E-state index contributed by atoms with van der Waals surface area (Å²) in [6.45, 7) is 0.991. The molecule has 0 saturated heterocycles. The molecular formula is C27H25F6N3O3.